The Kier molecular flexibility index (Phi) is 3.52. The molecule has 1 aliphatic carbocycles. The summed E-state index contributed by atoms with van der Waals surface area (Å²) >= 11 is 0. The molecule has 0 aromatic carbocycles. The molecular weight excluding hydrogens is 209 g/mol. The molecule has 0 radical (unpaired) electrons. The molecular formula is C12H22FNO2. The minimum atomic E-state index is -1.07. The first-order chi connectivity index (χ1) is 7.51. The van der Waals surface area contributed by atoms with Gasteiger partial charge in [-0.25, -0.2) is 4.39 Å². The zero-order valence-corrected chi connectivity index (χ0v) is 10.2. The molecule has 1 saturated carbocycles. The van der Waals surface area contributed by atoms with Gasteiger partial charge in [0.2, 0.25) is 0 Å². The van der Waals surface area contributed by atoms with Crippen LogP contribution in [0.5, 0.6) is 0 Å². The fraction of sp³-hybridized carbons (Fsp3) is 1.00. The Morgan fingerprint density at radius 1 is 1.44 bits per heavy atom. The molecule has 1 N–H and O–H groups in total. The number of likely N-dealkylation sites (tertiary alicyclic amines) is 1. The number of ether oxygens (including phenoxy) is 1. The normalized spacial score (nSPS) is 33.6. The Balaban J connectivity index is 1.77. The summed E-state index contributed by atoms with van der Waals surface area (Å²) in [6.07, 6.45) is 0.742. The van der Waals surface area contributed by atoms with Gasteiger partial charge in [0.1, 0.15) is 6.17 Å². The predicted octanol–water partition coefficient (Wildman–Crippen LogP) is 1.21. The average molecular weight is 231 g/mol. The molecule has 2 unspecified atom stereocenters. The topological polar surface area (TPSA) is 32.7 Å². The van der Waals surface area contributed by atoms with Crippen molar-refractivity contribution < 1.29 is 14.2 Å². The molecule has 2 fully saturated rings. The van der Waals surface area contributed by atoms with E-state index in [2.05, 4.69) is 0 Å². The van der Waals surface area contributed by atoms with E-state index in [4.69, 9.17) is 4.74 Å². The van der Waals surface area contributed by atoms with Crippen molar-refractivity contribution in [2.45, 2.75) is 45.1 Å². The first kappa shape index (κ1) is 12.3. The largest absolute Gasteiger partial charge is 0.389 e. The summed E-state index contributed by atoms with van der Waals surface area (Å²) in [4.78, 5) is 2.03. The third kappa shape index (κ3) is 2.93. The first-order valence-corrected chi connectivity index (χ1v) is 6.17. The van der Waals surface area contributed by atoms with Crippen LogP contribution in [0.2, 0.25) is 0 Å². The smallest absolute Gasteiger partial charge is 0.140 e. The summed E-state index contributed by atoms with van der Waals surface area (Å²) in [6, 6.07) is 0. The number of rotatable bonds is 5. The van der Waals surface area contributed by atoms with Crippen molar-refractivity contribution in [2.24, 2.45) is 5.41 Å². The molecule has 0 aromatic rings. The lowest BCUT2D eigenvalue weighted by molar-refractivity contribution is 0.0321. The third-order valence-corrected chi connectivity index (χ3v) is 3.53. The Morgan fingerprint density at radius 2 is 2.12 bits per heavy atom. The van der Waals surface area contributed by atoms with Gasteiger partial charge in [-0.15, -0.1) is 0 Å². The molecule has 0 amide bonds. The van der Waals surface area contributed by atoms with Crippen LogP contribution in [0.25, 0.3) is 0 Å². The molecule has 1 saturated heterocycles. The van der Waals surface area contributed by atoms with Gasteiger partial charge in [-0.3, -0.25) is 4.90 Å². The SMILES string of the molecule is CC(C)OCC1(CN2CC(O)C(F)C2)CC1. The van der Waals surface area contributed by atoms with Gasteiger partial charge in [0.25, 0.3) is 0 Å². The quantitative estimate of drug-likeness (QED) is 0.772. The summed E-state index contributed by atoms with van der Waals surface area (Å²) in [7, 11) is 0. The van der Waals surface area contributed by atoms with Gasteiger partial charge in [-0.2, -0.15) is 0 Å². The molecule has 0 aromatic heterocycles. The number of aliphatic hydroxyl groups is 1. The summed E-state index contributed by atoms with van der Waals surface area (Å²) < 4.78 is 18.8. The van der Waals surface area contributed by atoms with Crippen molar-refractivity contribution in [1.29, 1.82) is 0 Å². The molecule has 0 bridgehead atoms. The van der Waals surface area contributed by atoms with Gasteiger partial charge >= 0.3 is 0 Å². The number of hydrogen-bond donors (Lipinski definition) is 1. The highest BCUT2D eigenvalue weighted by atomic mass is 19.1. The maximum absolute atomic E-state index is 13.2. The van der Waals surface area contributed by atoms with Gasteiger partial charge < -0.3 is 9.84 Å². The maximum Gasteiger partial charge on any atom is 0.140 e. The minimum Gasteiger partial charge on any atom is -0.389 e. The molecule has 1 heterocycles. The van der Waals surface area contributed by atoms with Crippen LogP contribution < -0.4 is 0 Å². The van der Waals surface area contributed by atoms with Crippen LogP contribution >= 0.6 is 0 Å². The van der Waals surface area contributed by atoms with Crippen LogP contribution in [-0.2, 0) is 4.74 Å². The molecule has 3 nitrogen and oxygen atoms in total. The van der Waals surface area contributed by atoms with Gasteiger partial charge in [0, 0.05) is 25.0 Å². The molecule has 0 spiro atoms. The van der Waals surface area contributed by atoms with Crippen LogP contribution in [0.4, 0.5) is 4.39 Å². The summed E-state index contributed by atoms with van der Waals surface area (Å²) in [5.41, 5.74) is 0.244. The summed E-state index contributed by atoms with van der Waals surface area (Å²) in [5, 5.41) is 9.36. The standard InChI is InChI=1S/C12H22FNO2/c1-9(2)16-8-12(3-4-12)7-14-5-10(13)11(15)6-14/h9-11,15H,3-8H2,1-2H3. The maximum atomic E-state index is 13.2. The number of nitrogens with zero attached hydrogens (tertiary/aromatic N) is 1. The predicted molar refractivity (Wildman–Crippen MR) is 60.1 cm³/mol. The number of β-amino-alcohol motifs (C(OH)–C–C–N with tert-alkyl or cyclic N) is 1. The van der Waals surface area contributed by atoms with E-state index in [9.17, 15) is 9.50 Å². The van der Waals surface area contributed by atoms with Gasteiger partial charge in [-0.1, -0.05) is 0 Å². The highest BCUT2D eigenvalue weighted by Gasteiger charge is 2.46. The van der Waals surface area contributed by atoms with E-state index in [1.165, 1.54) is 12.8 Å². The Bertz CT molecular complexity index is 233. The molecule has 1 aliphatic heterocycles. The lowest BCUT2D eigenvalue weighted by atomic mass is 10.1. The lowest BCUT2D eigenvalue weighted by Gasteiger charge is -2.23. The molecule has 16 heavy (non-hydrogen) atoms. The Hall–Kier alpha value is -0.190. The molecule has 2 rings (SSSR count). The zero-order chi connectivity index (χ0) is 11.8. The van der Waals surface area contributed by atoms with Crippen LogP contribution in [0.3, 0.4) is 0 Å². The number of alkyl halides is 1. The van der Waals surface area contributed by atoms with E-state index < -0.39 is 12.3 Å². The second kappa shape index (κ2) is 4.59. The van der Waals surface area contributed by atoms with Gasteiger partial charge in [0.15, 0.2) is 0 Å². The van der Waals surface area contributed by atoms with Crippen LogP contribution in [0, 0.1) is 5.41 Å². The molecule has 2 aliphatic rings. The Labute approximate surface area is 96.6 Å². The molecule has 2 atom stereocenters. The summed E-state index contributed by atoms with van der Waals surface area (Å²) in [6.45, 7) is 6.57. The van der Waals surface area contributed by atoms with Crippen LogP contribution in [0.1, 0.15) is 26.7 Å². The third-order valence-electron chi connectivity index (χ3n) is 3.53. The van der Waals surface area contributed by atoms with Crippen molar-refractivity contribution in [2.75, 3.05) is 26.2 Å². The van der Waals surface area contributed by atoms with Crippen LogP contribution in [0.15, 0.2) is 0 Å². The second-order valence-electron chi connectivity index (χ2n) is 5.64. The van der Waals surface area contributed by atoms with Crippen molar-refractivity contribution in [3.05, 3.63) is 0 Å². The first-order valence-electron chi connectivity index (χ1n) is 6.17. The summed E-state index contributed by atoms with van der Waals surface area (Å²) in [5.74, 6) is 0. The van der Waals surface area contributed by atoms with Crippen molar-refractivity contribution >= 4 is 0 Å². The minimum absolute atomic E-state index is 0.244. The van der Waals surface area contributed by atoms with Gasteiger partial charge in [0.05, 0.1) is 18.8 Å². The van der Waals surface area contributed by atoms with Crippen molar-refractivity contribution in [1.82, 2.24) is 4.90 Å². The van der Waals surface area contributed by atoms with E-state index >= 15 is 0 Å². The average Bonchev–Trinajstić information content (AvgIpc) is 2.88. The number of aliphatic hydroxyl groups excluding tert-OH is 1. The van der Waals surface area contributed by atoms with Crippen molar-refractivity contribution in [3.63, 3.8) is 0 Å². The number of halogens is 1. The second-order valence-corrected chi connectivity index (χ2v) is 5.64. The van der Waals surface area contributed by atoms with E-state index in [0.717, 1.165) is 13.2 Å². The van der Waals surface area contributed by atoms with E-state index in [-0.39, 0.29) is 11.5 Å². The molecule has 94 valence electrons. The van der Waals surface area contributed by atoms with E-state index in [1.54, 1.807) is 0 Å². The van der Waals surface area contributed by atoms with Crippen LogP contribution in [-0.4, -0.2) is 54.6 Å². The lowest BCUT2D eigenvalue weighted by Crippen LogP contribution is -2.32. The highest BCUT2D eigenvalue weighted by molar-refractivity contribution is 4.98. The van der Waals surface area contributed by atoms with Crippen molar-refractivity contribution in [3.8, 4) is 0 Å². The van der Waals surface area contributed by atoms with E-state index in [0.29, 0.717) is 13.1 Å². The fourth-order valence-electron chi connectivity index (χ4n) is 2.29. The van der Waals surface area contributed by atoms with Gasteiger partial charge in [-0.05, 0) is 26.7 Å². The number of hydrogen-bond acceptors (Lipinski definition) is 3. The molecule has 4 heteroatoms. The monoisotopic (exact) mass is 231 g/mol. The highest BCUT2D eigenvalue weighted by Crippen LogP contribution is 2.47. The fourth-order valence-corrected chi connectivity index (χ4v) is 2.29. The Morgan fingerprint density at radius 3 is 2.56 bits per heavy atom. The van der Waals surface area contributed by atoms with E-state index in [1.807, 2.05) is 18.7 Å². The zero-order valence-electron chi connectivity index (χ0n) is 10.2.